The summed E-state index contributed by atoms with van der Waals surface area (Å²) in [5.41, 5.74) is -1.41. The van der Waals surface area contributed by atoms with E-state index >= 15 is 0 Å². The summed E-state index contributed by atoms with van der Waals surface area (Å²) in [7, 11) is 1.25. The van der Waals surface area contributed by atoms with E-state index in [-0.39, 0.29) is 19.6 Å². The van der Waals surface area contributed by atoms with Gasteiger partial charge in [-0.05, 0) is 18.6 Å². The lowest BCUT2D eigenvalue weighted by molar-refractivity contribution is -0.0270. The molecule has 2 atom stereocenters. The Kier molecular flexibility index (Phi) is 6.65. The van der Waals surface area contributed by atoms with E-state index in [1.54, 1.807) is 0 Å². The van der Waals surface area contributed by atoms with Crippen molar-refractivity contribution in [3.63, 3.8) is 0 Å². The molecule has 10 heteroatoms. The molecule has 1 N–H and O–H groups in total. The highest BCUT2D eigenvalue weighted by Crippen LogP contribution is 2.24. The Morgan fingerprint density at radius 3 is 2.54 bits per heavy atom. The van der Waals surface area contributed by atoms with Gasteiger partial charge < -0.3 is 19.5 Å². The van der Waals surface area contributed by atoms with Gasteiger partial charge in [0.1, 0.15) is 11.6 Å². The molecule has 0 aromatic heterocycles. The number of hydrogen-bond acceptors (Lipinski definition) is 5. The van der Waals surface area contributed by atoms with Crippen LogP contribution >= 0.6 is 15.9 Å². The number of methoxy groups -OCH3 is 1. The third-order valence-electron chi connectivity index (χ3n) is 3.86. The molecule has 0 saturated carbocycles. The van der Waals surface area contributed by atoms with Gasteiger partial charge in [0.2, 0.25) is 0 Å². The van der Waals surface area contributed by atoms with Gasteiger partial charge in [-0.3, -0.25) is 4.79 Å². The maximum Gasteiger partial charge on any atom is 0.409 e. The Hall–Kier alpha value is -2.07. The molecule has 1 aliphatic rings. The first-order chi connectivity index (χ1) is 12.2. The van der Waals surface area contributed by atoms with Gasteiger partial charge in [0.15, 0.2) is 5.78 Å². The number of hydrogen-bond donors (Lipinski definition) is 1. The van der Waals surface area contributed by atoms with Gasteiger partial charge in [0.05, 0.1) is 42.3 Å². The van der Waals surface area contributed by atoms with Crippen molar-refractivity contribution >= 4 is 33.8 Å². The summed E-state index contributed by atoms with van der Waals surface area (Å²) < 4.78 is 38.2. The standard InChI is InChI=1S/C16H16BrF2NO6/c1-25-16(24)20-2-3-26-9(7-20)6-10(17)14(21)13-11(18)4-8(15(22)23)5-12(13)19/h4-5,9-10H,2-3,6-7H2,1H3,(H,22,23)/t9-,10?/m0/s1. The number of carbonyl (C=O) groups excluding carboxylic acids is 2. The van der Waals surface area contributed by atoms with Gasteiger partial charge in [-0.2, -0.15) is 0 Å². The number of aromatic carboxylic acids is 1. The van der Waals surface area contributed by atoms with Crippen LogP contribution in [0.4, 0.5) is 13.6 Å². The molecule has 1 saturated heterocycles. The molecule has 1 heterocycles. The van der Waals surface area contributed by atoms with E-state index in [0.717, 1.165) is 0 Å². The second-order valence-corrected chi connectivity index (χ2v) is 6.70. The van der Waals surface area contributed by atoms with Gasteiger partial charge in [-0.1, -0.05) is 15.9 Å². The molecule has 1 fully saturated rings. The zero-order chi connectivity index (χ0) is 19.4. The van der Waals surface area contributed by atoms with Gasteiger partial charge >= 0.3 is 12.1 Å². The van der Waals surface area contributed by atoms with E-state index in [2.05, 4.69) is 20.7 Å². The highest BCUT2D eigenvalue weighted by molar-refractivity contribution is 9.10. The van der Waals surface area contributed by atoms with Crippen molar-refractivity contribution in [3.8, 4) is 0 Å². The second-order valence-electron chi connectivity index (χ2n) is 5.60. The van der Waals surface area contributed by atoms with Crippen LogP contribution in [-0.2, 0) is 9.47 Å². The molecule has 0 bridgehead atoms. The zero-order valence-corrected chi connectivity index (χ0v) is 15.3. The van der Waals surface area contributed by atoms with Crippen LogP contribution in [0.5, 0.6) is 0 Å². The number of nitrogens with zero attached hydrogens (tertiary/aromatic N) is 1. The van der Waals surface area contributed by atoms with Crippen LogP contribution in [0.3, 0.4) is 0 Å². The molecule has 1 amide bonds. The van der Waals surface area contributed by atoms with Crippen molar-refractivity contribution < 1.29 is 37.7 Å². The highest BCUT2D eigenvalue weighted by Gasteiger charge is 2.31. The molecule has 7 nitrogen and oxygen atoms in total. The average molecular weight is 436 g/mol. The van der Waals surface area contributed by atoms with Crippen LogP contribution in [0.1, 0.15) is 27.1 Å². The van der Waals surface area contributed by atoms with Crippen LogP contribution in [0.15, 0.2) is 12.1 Å². The normalized spacial score (nSPS) is 18.3. The number of ether oxygens (including phenoxy) is 2. The molecular formula is C16H16BrF2NO6. The third-order valence-corrected chi connectivity index (χ3v) is 4.65. The number of amides is 1. The fraction of sp³-hybridized carbons (Fsp3) is 0.438. The number of alkyl halides is 1. The van der Waals surface area contributed by atoms with E-state index in [1.165, 1.54) is 12.0 Å². The van der Waals surface area contributed by atoms with E-state index in [0.29, 0.717) is 18.7 Å². The molecule has 1 aromatic rings. The Morgan fingerprint density at radius 1 is 1.38 bits per heavy atom. The summed E-state index contributed by atoms with van der Waals surface area (Å²) in [5, 5.41) is 8.79. The first-order valence-corrected chi connectivity index (χ1v) is 8.51. The lowest BCUT2D eigenvalue weighted by Gasteiger charge is -2.32. The number of carboxylic acid groups (broad SMARTS) is 1. The van der Waals surface area contributed by atoms with E-state index in [1.807, 2.05) is 0 Å². The van der Waals surface area contributed by atoms with Crippen LogP contribution in [-0.4, -0.2) is 65.6 Å². The Labute approximate surface area is 156 Å². The maximum atomic E-state index is 14.0. The van der Waals surface area contributed by atoms with E-state index in [9.17, 15) is 23.2 Å². The molecule has 0 aliphatic carbocycles. The smallest absolute Gasteiger partial charge is 0.409 e. The van der Waals surface area contributed by atoms with Crippen molar-refractivity contribution in [1.82, 2.24) is 4.90 Å². The number of morpholine rings is 1. The summed E-state index contributed by atoms with van der Waals surface area (Å²) in [4.78, 5) is 35.2. The largest absolute Gasteiger partial charge is 0.478 e. The average Bonchev–Trinajstić information content (AvgIpc) is 2.60. The van der Waals surface area contributed by atoms with E-state index < -0.39 is 51.5 Å². The molecule has 2 rings (SSSR count). The first kappa shape index (κ1) is 20.2. The Bertz CT molecular complexity index is 706. The minimum Gasteiger partial charge on any atom is -0.478 e. The number of Topliss-reactive ketones (excluding diaryl/α,β-unsaturated/α-hetero) is 1. The summed E-state index contributed by atoms with van der Waals surface area (Å²) in [6.07, 6.45) is -0.996. The first-order valence-electron chi connectivity index (χ1n) is 7.59. The SMILES string of the molecule is COC(=O)N1CCO[C@@H](CC(Br)C(=O)c2c(F)cc(C(=O)O)cc2F)C1. The van der Waals surface area contributed by atoms with Crippen LogP contribution in [0, 0.1) is 11.6 Å². The van der Waals surface area contributed by atoms with Crippen LogP contribution in [0.2, 0.25) is 0 Å². The molecule has 1 aliphatic heterocycles. The second kappa shape index (κ2) is 8.54. The number of carboxylic acids is 1. The van der Waals surface area contributed by atoms with Gasteiger partial charge in [0.25, 0.3) is 0 Å². The summed E-state index contributed by atoms with van der Waals surface area (Å²) in [5.74, 6) is -4.89. The molecule has 26 heavy (non-hydrogen) atoms. The summed E-state index contributed by atoms with van der Waals surface area (Å²) in [6.45, 7) is 0.749. The van der Waals surface area contributed by atoms with Crippen LogP contribution < -0.4 is 0 Å². The minimum atomic E-state index is -1.50. The number of rotatable bonds is 5. The Balaban J connectivity index is 2.10. The fourth-order valence-corrected chi connectivity index (χ4v) is 3.23. The number of halogens is 3. The minimum absolute atomic E-state index is 0.0614. The summed E-state index contributed by atoms with van der Waals surface area (Å²) in [6, 6.07) is 1.18. The summed E-state index contributed by atoms with van der Waals surface area (Å²) >= 11 is 3.09. The Morgan fingerprint density at radius 2 is 2.00 bits per heavy atom. The predicted molar refractivity (Wildman–Crippen MR) is 88.7 cm³/mol. The monoisotopic (exact) mass is 435 g/mol. The van der Waals surface area contributed by atoms with Crippen molar-refractivity contribution in [2.24, 2.45) is 0 Å². The maximum absolute atomic E-state index is 14.0. The quantitative estimate of drug-likeness (QED) is 0.563. The molecule has 1 unspecified atom stereocenters. The predicted octanol–water partition coefficient (Wildman–Crippen LogP) is 2.47. The van der Waals surface area contributed by atoms with Crippen molar-refractivity contribution in [1.29, 1.82) is 0 Å². The molecule has 142 valence electrons. The molecule has 0 radical (unpaired) electrons. The van der Waals surface area contributed by atoms with Crippen molar-refractivity contribution in [3.05, 3.63) is 34.9 Å². The van der Waals surface area contributed by atoms with Crippen LogP contribution in [0.25, 0.3) is 0 Å². The molecule has 0 spiro atoms. The van der Waals surface area contributed by atoms with Crippen molar-refractivity contribution in [2.45, 2.75) is 17.4 Å². The van der Waals surface area contributed by atoms with E-state index in [4.69, 9.17) is 9.84 Å². The van der Waals surface area contributed by atoms with Gasteiger partial charge in [-0.25, -0.2) is 18.4 Å². The lowest BCUT2D eigenvalue weighted by atomic mass is 10.0. The topological polar surface area (TPSA) is 93.1 Å². The third kappa shape index (κ3) is 4.55. The molecule has 1 aromatic carbocycles. The molecular weight excluding hydrogens is 420 g/mol. The fourth-order valence-electron chi connectivity index (χ4n) is 2.58. The number of carbonyl (C=O) groups is 3. The number of benzene rings is 1. The van der Waals surface area contributed by atoms with Crippen molar-refractivity contribution in [2.75, 3.05) is 26.8 Å². The van der Waals surface area contributed by atoms with Gasteiger partial charge in [-0.15, -0.1) is 0 Å². The lowest BCUT2D eigenvalue weighted by Crippen LogP contribution is -2.46. The van der Waals surface area contributed by atoms with Gasteiger partial charge in [0, 0.05) is 6.54 Å². The zero-order valence-electron chi connectivity index (χ0n) is 13.7. The highest BCUT2D eigenvalue weighted by atomic mass is 79.9. The number of ketones is 1.